The van der Waals surface area contributed by atoms with Crippen LogP contribution in [0.5, 0.6) is 0 Å². The summed E-state index contributed by atoms with van der Waals surface area (Å²) in [5.41, 5.74) is 0. The molecule has 25 heavy (non-hydrogen) atoms. The Morgan fingerprint density at radius 3 is 1.64 bits per heavy atom. The van der Waals surface area contributed by atoms with Crippen molar-refractivity contribution in [3.63, 3.8) is 0 Å². The maximum Gasteiger partial charge on any atom is 0.303 e. The molecular weight excluding hydrogens is 310 g/mol. The quantitative estimate of drug-likeness (QED) is 0.215. The summed E-state index contributed by atoms with van der Waals surface area (Å²) in [5.74, 6) is -0.664. The van der Waals surface area contributed by atoms with E-state index in [2.05, 4.69) is 30.9 Å². The van der Waals surface area contributed by atoms with E-state index in [0.717, 1.165) is 12.8 Å². The van der Waals surface area contributed by atoms with Crippen LogP contribution in [0, 0.1) is 0 Å². The Morgan fingerprint density at radius 1 is 0.720 bits per heavy atom. The number of carboxylic acids is 1. The Hall–Kier alpha value is -0.830. The van der Waals surface area contributed by atoms with Crippen LogP contribution in [0.25, 0.3) is 0 Å². The zero-order chi connectivity index (χ0) is 18.6. The fraction of sp³-hybridized carbons (Fsp3) is 0.864. The molecule has 0 spiro atoms. The molecule has 0 aliphatic carbocycles. The maximum atomic E-state index is 10.4. The number of unbranched alkanes of at least 4 members (excludes halogenated alkanes) is 11. The Kier molecular flexibility index (Phi) is 18.8. The number of carboxylic acid groups (broad SMARTS) is 1. The third kappa shape index (κ3) is 19.3. The lowest BCUT2D eigenvalue weighted by molar-refractivity contribution is -0.137. The molecule has 0 fully saturated rings. The molecule has 0 aromatic carbocycles. The molecule has 0 radical (unpaired) electrons. The Labute approximate surface area is 156 Å². The van der Waals surface area contributed by atoms with E-state index in [1.165, 1.54) is 90.3 Å². The lowest BCUT2D eigenvalue weighted by Gasteiger charge is -2.17. The molecule has 0 saturated carbocycles. The van der Waals surface area contributed by atoms with Crippen LogP contribution in [0.3, 0.4) is 0 Å². The Morgan fingerprint density at radius 2 is 1.16 bits per heavy atom. The molecule has 0 amide bonds. The zero-order valence-corrected chi connectivity index (χ0v) is 17.0. The SMILES string of the molecule is CCN(CC)CCCCCCCCC=CCCCCCCCC(=O)O. The highest BCUT2D eigenvalue weighted by atomic mass is 16.4. The van der Waals surface area contributed by atoms with Gasteiger partial charge in [0.2, 0.25) is 0 Å². The molecule has 0 atom stereocenters. The van der Waals surface area contributed by atoms with Crippen LogP contribution in [0.4, 0.5) is 0 Å². The van der Waals surface area contributed by atoms with E-state index in [1.807, 2.05) is 0 Å². The zero-order valence-electron chi connectivity index (χ0n) is 17.0. The van der Waals surface area contributed by atoms with E-state index in [4.69, 9.17) is 5.11 Å². The van der Waals surface area contributed by atoms with E-state index in [1.54, 1.807) is 0 Å². The van der Waals surface area contributed by atoms with Crippen molar-refractivity contribution >= 4 is 5.97 Å². The van der Waals surface area contributed by atoms with Gasteiger partial charge in [-0.2, -0.15) is 0 Å². The fourth-order valence-corrected chi connectivity index (χ4v) is 3.15. The first-order valence-corrected chi connectivity index (χ1v) is 10.8. The number of hydrogen-bond acceptors (Lipinski definition) is 2. The standard InChI is InChI=1S/C22H43NO2/c1-3-23(4-2)21-19-17-15-13-11-9-7-5-6-8-10-12-14-16-18-20-22(24)25/h5-6H,3-4,7-21H2,1-2H3,(H,24,25). The van der Waals surface area contributed by atoms with Gasteiger partial charge in [0, 0.05) is 6.42 Å². The van der Waals surface area contributed by atoms with Crippen molar-refractivity contribution in [2.75, 3.05) is 19.6 Å². The predicted octanol–water partition coefficient (Wildman–Crippen LogP) is 6.43. The van der Waals surface area contributed by atoms with Crippen LogP contribution < -0.4 is 0 Å². The number of hydrogen-bond donors (Lipinski definition) is 1. The average molecular weight is 354 g/mol. The smallest absolute Gasteiger partial charge is 0.303 e. The monoisotopic (exact) mass is 353 g/mol. The minimum absolute atomic E-state index is 0.329. The lowest BCUT2D eigenvalue weighted by Crippen LogP contribution is -2.23. The second-order valence-corrected chi connectivity index (χ2v) is 7.11. The average Bonchev–Trinajstić information content (AvgIpc) is 2.60. The van der Waals surface area contributed by atoms with Crippen molar-refractivity contribution in [2.45, 2.75) is 104 Å². The first-order chi connectivity index (χ1) is 12.2. The van der Waals surface area contributed by atoms with Gasteiger partial charge < -0.3 is 10.0 Å². The first-order valence-electron chi connectivity index (χ1n) is 10.8. The number of carbonyl (C=O) groups is 1. The van der Waals surface area contributed by atoms with E-state index < -0.39 is 5.97 Å². The highest BCUT2D eigenvalue weighted by molar-refractivity contribution is 5.66. The summed E-state index contributed by atoms with van der Waals surface area (Å²) in [7, 11) is 0. The number of nitrogens with zero attached hydrogens (tertiary/aromatic N) is 1. The Balaban J connectivity index is 3.17. The third-order valence-electron chi connectivity index (χ3n) is 4.92. The molecule has 0 aromatic heterocycles. The maximum absolute atomic E-state index is 10.4. The fourth-order valence-electron chi connectivity index (χ4n) is 3.15. The minimum atomic E-state index is -0.664. The van der Waals surface area contributed by atoms with Crippen LogP contribution in [-0.4, -0.2) is 35.6 Å². The molecule has 0 rings (SSSR count). The summed E-state index contributed by atoms with van der Waals surface area (Å²) in [4.78, 5) is 12.9. The summed E-state index contributed by atoms with van der Waals surface area (Å²) >= 11 is 0. The normalized spacial score (nSPS) is 11.6. The molecule has 3 nitrogen and oxygen atoms in total. The highest BCUT2D eigenvalue weighted by Crippen LogP contribution is 2.10. The summed E-state index contributed by atoms with van der Waals surface area (Å²) in [5, 5.41) is 8.56. The molecule has 0 heterocycles. The van der Waals surface area contributed by atoms with Crippen molar-refractivity contribution in [1.82, 2.24) is 4.90 Å². The predicted molar refractivity (Wildman–Crippen MR) is 109 cm³/mol. The summed E-state index contributed by atoms with van der Waals surface area (Å²) in [6.07, 6.45) is 21.2. The van der Waals surface area contributed by atoms with Crippen LogP contribution in [0.15, 0.2) is 12.2 Å². The van der Waals surface area contributed by atoms with E-state index >= 15 is 0 Å². The number of allylic oxidation sites excluding steroid dienone is 2. The van der Waals surface area contributed by atoms with Gasteiger partial charge in [-0.1, -0.05) is 70.9 Å². The number of aliphatic carboxylic acids is 1. The molecule has 0 aliphatic heterocycles. The molecule has 148 valence electrons. The summed E-state index contributed by atoms with van der Waals surface area (Å²) < 4.78 is 0. The van der Waals surface area contributed by atoms with E-state index in [9.17, 15) is 4.79 Å². The topological polar surface area (TPSA) is 40.5 Å². The molecular formula is C22H43NO2. The van der Waals surface area contributed by atoms with Gasteiger partial charge in [0.15, 0.2) is 0 Å². The molecule has 0 unspecified atom stereocenters. The molecule has 3 heteroatoms. The second-order valence-electron chi connectivity index (χ2n) is 7.11. The third-order valence-corrected chi connectivity index (χ3v) is 4.92. The highest BCUT2D eigenvalue weighted by Gasteiger charge is 1.98. The van der Waals surface area contributed by atoms with E-state index in [0.29, 0.717) is 6.42 Å². The van der Waals surface area contributed by atoms with Crippen molar-refractivity contribution < 1.29 is 9.90 Å². The van der Waals surface area contributed by atoms with Crippen molar-refractivity contribution in [3.05, 3.63) is 12.2 Å². The van der Waals surface area contributed by atoms with Gasteiger partial charge in [0.25, 0.3) is 0 Å². The molecule has 1 N–H and O–H groups in total. The van der Waals surface area contributed by atoms with E-state index in [-0.39, 0.29) is 0 Å². The van der Waals surface area contributed by atoms with Crippen molar-refractivity contribution in [2.24, 2.45) is 0 Å². The minimum Gasteiger partial charge on any atom is -0.481 e. The Bertz CT molecular complexity index is 311. The van der Waals surface area contributed by atoms with Gasteiger partial charge in [0.05, 0.1) is 0 Å². The van der Waals surface area contributed by atoms with Crippen LogP contribution >= 0.6 is 0 Å². The summed E-state index contributed by atoms with van der Waals surface area (Å²) in [6, 6.07) is 0. The molecule has 0 saturated heterocycles. The molecule has 0 aliphatic rings. The lowest BCUT2D eigenvalue weighted by atomic mass is 10.1. The van der Waals surface area contributed by atoms with Crippen LogP contribution in [0.2, 0.25) is 0 Å². The van der Waals surface area contributed by atoms with Crippen LogP contribution in [0.1, 0.15) is 104 Å². The van der Waals surface area contributed by atoms with Crippen molar-refractivity contribution in [3.8, 4) is 0 Å². The van der Waals surface area contributed by atoms with Crippen molar-refractivity contribution in [1.29, 1.82) is 0 Å². The molecule has 0 bridgehead atoms. The van der Waals surface area contributed by atoms with Gasteiger partial charge in [0.1, 0.15) is 0 Å². The number of rotatable bonds is 19. The largest absolute Gasteiger partial charge is 0.481 e. The van der Waals surface area contributed by atoms with Gasteiger partial charge in [-0.25, -0.2) is 0 Å². The summed E-state index contributed by atoms with van der Waals surface area (Å²) in [6.45, 7) is 8.15. The van der Waals surface area contributed by atoms with Gasteiger partial charge >= 0.3 is 5.97 Å². The molecule has 0 aromatic rings. The van der Waals surface area contributed by atoms with Crippen LogP contribution in [-0.2, 0) is 4.79 Å². The first kappa shape index (κ1) is 24.2. The van der Waals surface area contributed by atoms with Gasteiger partial charge in [-0.05, 0) is 58.2 Å². The second kappa shape index (κ2) is 19.5. The van der Waals surface area contributed by atoms with Gasteiger partial charge in [-0.15, -0.1) is 0 Å². The van der Waals surface area contributed by atoms with Gasteiger partial charge in [-0.3, -0.25) is 4.79 Å².